The summed E-state index contributed by atoms with van der Waals surface area (Å²) in [6.07, 6.45) is 4.93. The fourth-order valence-electron chi connectivity index (χ4n) is 1.26. The van der Waals surface area contributed by atoms with Gasteiger partial charge in [0.2, 0.25) is 0 Å². The Balaban J connectivity index is 2.25. The van der Waals surface area contributed by atoms with E-state index in [1.54, 1.807) is 12.4 Å². The zero-order valence-corrected chi connectivity index (χ0v) is 10.0. The first kappa shape index (κ1) is 11.3. The summed E-state index contributed by atoms with van der Waals surface area (Å²) >= 11 is 7.04. The Morgan fingerprint density at radius 3 is 3.06 bits per heavy atom. The average Bonchev–Trinajstić information content (AvgIpc) is 2.75. The second-order valence-electron chi connectivity index (χ2n) is 3.22. The van der Waals surface area contributed by atoms with Gasteiger partial charge in [0.05, 0.1) is 5.56 Å². The maximum absolute atomic E-state index is 11.5. The molecule has 16 heavy (non-hydrogen) atoms. The number of nitrogens with zero attached hydrogens (tertiary/aromatic N) is 2. The first-order valence-electron chi connectivity index (χ1n) is 4.87. The third kappa shape index (κ3) is 2.48. The van der Waals surface area contributed by atoms with Gasteiger partial charge >= 0.3 is 0 Å². The molecule has 6 heteroatoms. The Bertz CT molecular complexity index is 523. The first-order valence-corrected chi connectivity index (χ1v) is 6.22. The molecule has 0 amide bonds. The van der Waals surface area contributed by atoms with Gasteiger partial charge in [-0.15, -0.1) is 21.8 Å². The zero-order valence-electron chi connectivity index (χ0n) is 8.44. The standard InChI is InChI=1S/C10H10ClN3OS/c11-4-1-2-9-13-14-10(16-9)7-6-12-5-3-8(7)15/h3,5-6H,1-2,4H2,(H,12,15). The van der Waals surface area contributed by atoms with E-state index in [2.05, 4.69) is 15.2 Å². The van der Waals surface area contributed by atoms with Gasteiger partial charge in [0.25, 0.3) is 0 Å². The van der Waals surface area contributed by atoms with Gasteiger partial charge in [0.1, 0.15) is 5.01 Å². The van der Waals surface area contributed by atoms with Crippen molar-refractivity contribution in [3.8, 4) is 10.6 Å². The molecule has 0 atom stereocenters. The molecule has 2 rings (SSSR count). The molecule has 84 valence electrons. The van der Waals surface area contributed by atoms with Gasteiger partial charge in [0.15, 0.2) is 10.4 Å². The number of aryl methyl sites for hydroxylation is 1. The summed E-state index contributed by atoms with van der Waals surface area (Å²) in [5.41, 5.74) is 0.524. The highest BCUT2D eigenvalue weighted by atomic mass is 35.5. The van der Waals surface area contributed by atoms with Crippen molar-refractivity contribution in [3.05, 3.63) is 33.7 Å². The number of H-pyrrole nitrogens is 1. The molecule has 0 aromatic carbocycles. The second kappa shape index (κ2) is 5.23. The quantitative estimate of drug-likeness (QED) is 0.851. The molecule has 0 aliphatic carbocycles. The molecule has 4 nitrogen and oxygen atoms in total. The minimum Gasteiger partial charge on any atom is -0.367 e. The minimum atomic E-state index is -0.0428. The van der Waals surface area contributed by atoms with E-state index in [1.165, 1.54) is 17.4 Å². The molecule has 2 aromatic rings. The molecule has 2 heterocycles. The summed E-state index contributed by atoms with van der Waals surface area (Å²) in [6, 6.07) is 1.48. The van der Waals surface area contributed by atoms with Gasteiger partial charge in [-0.25, -0.2) is 0 Å². The number of alkyl halides is 1. The van der Waals surface area contributed by atoms with Gasteiger partial charge < -0.3 is 4.98 Å². The summed E-state index contributed by atoms with van der Waals surface area (Å²) in [5.74, 6) is 0.612. The minimum absolute atomic E-state index is 0.0428. The summed E-state index contributed by atoms with van der Waals surface area (Å²) in [7, 11) is 0. The lowest BCUT2D eigenvalue weighted by Gasteiger charge is -1.91. The highest BCUT2D eigenvalue weighted by molar-refractivity contribution is 7.14. The largest absolute Gasteiger partial charge is 0.367 e. The molecule has 1 N–H and O–H groups in total. The Morgan fingerprint density at radius 2 is 2.31 bits per heavy atom. The van der Waals surface area contributed by atoms with Crippen LogP contribution in [0.1, 0.15) is 11.4 Å². The van der Waals surface area contributed by atoms with E-state index in [-0.39, 0.29) is 5.43 Å². The van der Waals surface area contributed by atoms with E-state index in [0.29, 0.717) is 16.5 Å². The number of aromatic amines is 1. The predicted octanol–water partition coefficient (Wildman–Crippen LogP) is 2.06. The fourth-order valence-corrected chi connectivity index (χ4v) is 2.30. The Labute approximate surface area is 101 Å². The maximum Gasteiger partial charge on any atom is 0.191 e. The van der Waals surface area contributed by atoms with E-state index in [0.717, 1.165) is 17.8 Å². The molecule has 0 aliphatic rings. The highest BCUT2D eigenvalue weighted by Gasteiger charge is 2.08. The first-order chi connectivity index (χ1) is 7.81. The van der Waals surface area contributed by atoms with Crippen LogP contribution in [0.2, 0.25) is 0 Å². The number of pyridine rings is 1. The molecular weight excluding hydrogens is 246 g/mol. The Morgan fingerprint density at radius 1 is 1.44 bits per heavy atom. The van der Waals surface area contributed by atoms with Crippen LogP contribution in [0.5, 0.6) is 0 Å². The molecule has 0 aliphatic heterocycles. The van der Waals surface area contributed by atoms with Crippen LogP contribution in [0.25, 0.3) is 10.6 Å². The third-order valence-electron chi connectivity index (χ3n) is 2.05. The van der Waals surface area contributed by atoms with Crippen LogP contribution in [0.3, 0.4) is 0 Å². The van der Waals surface area contributed by atoms with Gasteiger partial charge in [0, 0.05) is 30.8 Å². The van der Waals surface area contributed by atoms with Gasteiger partial charge in [-0.05, 0) is 6.42 Å². The number of hydrogen-bond donors (Lipinski definition) is 1. The van der Waals surface area contributed by atoms with Crippen molar-refractivity contribution in [1.82, 2.24) is 15.2 Å². The molecular formula is C10H10ClN3OS. The van der Waals surface area contributed by atoms with Crippen molar-refractivity contribution in [2.24, 2.45) is 0 Å². The van der Waals surface area contributed by atoms with Crippen molar-refractivity contribution in [1.29, 1.82) is 0 Å². The lowest BCUT2D eigenvalue weighted by molar-refractivity contribution is 0.884. The van der Waals surface area contributed by atoms with E-state index < -0.39 is 0 Å². The van der Waals surface area contributed by atoms with Gasteiger partial charge in [-0.2, -0.15) is 0 Å². The third-order valence-corrected chi connectivity index (χ3v) is 3.33. The number of hydrogen-bond acceptors (Lipinski definition) is 4. The van der Waals surface area contributed by atoms with Crippen LogP contribution < -0.4 is 5.43 Å². The Kier molecular flexibility index (Phi) is 3.69. The predicted molar refractivity (Wildman–Crippen MR) is 65.0 cm³/mol. The van der Waals surface area contributed by atoms with E-state index in [9.17, 15) is 4.79 Å². The molecule has 0 spiro atoms. The average molecular weight is 256 g/mol. The van der Waals surface area contributed by atoms with Crippen LogP contribution in [0.15, 0.2) is 23.3 Å². The van der Waals surface area contributed by atoms with Crippen LogP contribution in [-0.4, -0.2) is 21.1 Å². The van der Waals surface area contributed by atoms with Crippen LogP contribution in [0, 0.1) is 0 Å². The van der Waals surface area contributed by atoms with Crippen molar-refractivity contribution >= 4 is 22.9 Å². The van der Waals surface area contributed by atoms with E-state index in [4.69, 9.17) is 11.6 Å². The van der Waals surface area contributed by atoms with E-state index in [1.807, 2.05) is 0 Å². The van der Waals surface area contributed by atoms with Gasteiger partial charge in [-0.3, -0.25) is 4.79 Å². The smallest absolute Gasteiger partial charge is 0.191 e. The molecule has 0 bridgehead atoms. The lowest BCUT2D eigenvalue weighted by atomic mass is 10.3. The number of aromatic nitrogens is 3. The molecule has 0 unspecified atom stereocenters. The number of rotatable bonds is 4. The molecule has 2 aromatic heterocycles. The number of nitrogens with one attached hydrogen (secondary N) is 1. The molecule has 0 saturated carbocycles. The van der Waals surface area contributed by atoms with Crippen molar-refractivity contribution in [3.63, 3.8) is 0 Å². The monoisotopic (exact) mass is 255 g/mol. The van der Waals surface area contributed by atoms with Crippen molar-refractivity contribution in [2.75, 3.05) is 5.88 Å². The SMILES string of the molecule is O=c1cc[nH]cc1-c1nnc(CCCCl)s1. The maximum atomic E-state index is 11.5. The summed E-state index contributed by atoms with van der Waals surface area (Å²) in [4.78, 5) is 14.4. The normalized spacial score (nSPS) is 10.6. The second-order valence-corrected chi connectivity index (χ2v) is 4.66. The topological polar surface area (TPSA) is 58.6 Å². The molecule has 0 saturated heterocycles. The summed E-state index contributed by atoms with van der Waals surface area (Å²) < 4.78 is 0. The highest BCUT2D eigenvalue weighted by Crippen LogP contribution is 2.20. The zero-order chi connectivity index (χ0) is 11.4. The van der Waals surface area contributed by atoms with Crippen LogP contribution in [-0.2, 0) is 6.42 Å². The molecule has 0 fully saturated rings. The number of halogens is 1. The van der Waals surface area contributed by atoms with Crippen LogP contribution in [0.4, 0.5) is 0 Å². The lowest BCUT2D eigenvalue weighted by Crippen LogP contribution is -2.01. The molecule has 0 radical (unpaired) electrons. The summed E-state index contributed by atoms with van der Waals surface area (Å²) in [6.45, 7) is 0. The Hall–Kier alpha value is -1.20. The fraction of sp³-hybridized carbons (Fsp3) is 0.300. The van der Waals surface area contributed by atoms with Crippen molar-refractivity contribution in [2.45, 2.75) is 12.8 Å². The van der Waals surface area contributed by atoms with E-state index >= 15 is 0 Å². The summed E-state index contributed by atoms with van der Waals surface area (Å²) in [5, 5.41) is 9.61. The van der Waals surface area contributed by atoms with Gasteiger partial charge in [-0.1, -0.05) is 11.3 Å². The van der Waals surface area contributed by atoms with Crippen molar-refractivity contribution < 1.29 is 0 Å². The van der Waals surface area contributed by atoms with Crippen LogP contribution >= 0.6 is 22.9 Å².